The molecule has 0 aliphatic carbocycles. The lowest BCUT2D eigenvalue weighted by atomic mass is 10.0. The Hall–Kier alpha value is -5.90. The summed E-state index contributed by atoms with van der Waals surface area (Å²) >= 11 is 0. The molecule has 0 radical (unpaired) electrons. The highest BCUT2D eigenvalue weighted by Gasteiger charge is 2.21. The van der Waals surface area contributed by atoms with Gasteiger partial charge >= 0.3 is 11.9 Å². The summed E-state index contributed by atoms with van der Waals surface area (Å²) in [6, 6.07) is 29.7. The van der Waals surface area contributed by atoms with Crippen molar-refractivity contribution in [2.24, 2.45) is 10.3 Å². The average molecular weight is 588 g/mol. The van der Waals surface area contributed by atoms with Crippen LogP contribution in [0.25, 0.3) is 10.9 Å². The molecule has 10 nitrogen and oxygen atoms in total. The zero-order chi connectivity index (χ0) is 31.2. The van der Waals surface area contributed by atoms with Crippen LogP contribution in [-0.4, -0.2) is 39.3 Å². The first-order valence-electron chi connectivity index (χ1n) is 13.7. The van der Waals surface area contributed by atoms with E-state index in [-0.39, 0.29) is 5.78 Å². The minimum Gasteiger partial charge on any atom is -0.318 e. The number of para-hydroxylation sites is 1. The number of carbonyl (C=O) groups is 3. The number of fused-ring (bicyclic) bond motifs is 1. The molecule has 0 spiro atoms. The first-order valence-corrected chi connectivity index (χ1v) is 13.7. The van der Waals surface area contributed by atoms with E-state index >= 15 is 0 Å². The highest BCUT2D eigenvalue weighted by Crippen LogP contribution is 2.38. The fraction of sp³-hybridized carbons (Fsp3) is 0.118. The van der Waals surface area contributed by atoms with Crippen LogP contribution in [0.3, 0.4) is 0 Å². The zero-order valence-corrected chi connectivity index (χ0v) is 24.6. The molecule has 1 heterocycles. The summed E-state index contributed by atoms with van der Waals surface area (Å²) in [4.78, 5) is 47.2. The number of ketones is 1. The first-order chi connectivity index (χ1) is 21.2. The molecule has 0 atom stereocenters. The SMILES string of the molecule is CC(=O)O/N=C(/C)c1ccc(N(c2ccc(C(=O)c3ccccc3)cc2)c2n[nH]c3c(/C(C)=N\OC(C)=O)cccc23)cc1. The second-order valence-corrected chi connectivity index (χ2v) is 9.92. The normalized spacial score (nSPS) is 11.7. The standard InChI is InChI=1S/C34H29N5O5/c1-21(37-43-23(3)40)25-13-17-28(18-14-25)39(29-19-15-27(16-20-29)33(42)26-9-6-5-7-10-26)34-31-12-8-11-30(32(31)35-36-34)22(2)38-44-24(4)41/h5-20H,1-4H3,(H,35,36)/b37-21-,38-22-. The number of rotatable bonds is 9. The number of aromatic nitrogens is 2. The number of hydrogen-bond acceptors (Lipinski definition) is 9. The largest absolute Gasteiger partial charge is 0.331 e. The lowest BCUT2D eigenvalue weighted by Crippen LogP contribution is -2.12. The van der Waals surface area contributed by atoms with Gasteiger partial charge in [-0.05, 0) is 61.9 Å². The Kier molecular flexibility index (Phi) is 8.71. The minimum absolute atomic E-state index is 0.0759. The maximum absolute atomic E-state index is 13.1. The second kappa shape index (κ2) is 13.0. The van der Waals surface area contributed by atoms with Crippen molar-refractivity contribution in [2.75, 3.05) is 4.90 Å². The third-order valence-corrected chi connectivity index (χ3v) is 6.77. The zero-order valence-electron chi connectivity index (χ0n) is 24.6. The van der Waals surface area contributed by atoms with Gasteiger partial charge in [0.05, 0.1) is 16.9 Å². The molecule has 10 heteroatoms. The molecular formula is C34H29N5O5. The van der Waals surface area contributed by atoms with Gasteiger partial charge in [0, 0.05) is 47.3 Å². The average Bonchev–Trinajstić information content (AvgIpc) is 3.47. The molecule has 44 heavy (non-hydrogen) atoms. The van der Waals surface area contributed by atoms with E-state index in [4.69, 9.17) is 9.68 Å². The number of oxime groups is 2. The Morgan fingerprint density at radius 1 is 0.636 bits per heavy atom. The van der Waals surface area contributed by atoms with Gasteiger partial charge < -0.3 is 9.68 Å². The third-order valence-electron chi connectivity index (χ3n) is 6.77. The monoisotopic (exact) mass is 587 g/mol. The van der Waals surface area contributed by atoms with Crippen LogP contribution in [-0.2, 0) is 19.3 Å². The second-order valence-electron chi connectivity index (χ2n) is 9.92. The molecule has 0 saturated heterocycles. The van der Waals surface area contributed by atoms with Crippen LogP contribution in [0.15, 0.2) is 107 Å². The molecule has 1 N–H and O–H groups in total. The first kappa shape index (κ1) is 29.6. The van der Waals surface area contributed by atoms with Crippen LogP contribution < -0.4 is 4.90 Å². The van der Waals surface area contributed by atoms with Gasteiger partial charge in [-0.3, -0.25) is 14.8 Å². The van der Waals surface area contributed by atoms with E-state index in [0.29, 0.717) is 33.9 Å². The van der Waals surface area contributed by atoms with Crippen molar-refractivity contribution < 1.29 is 24.1 Å². The van der Waals surface area contributed by atoms with Crippen LogP contribution in [0, 0.1) is 0 Å². The molecule has 0 fully saturated rings. The fourth-order valence-electron chi connectivity index (χ4n) is 4.63. The third kappa shape index (κ3) is 6.44. The Labute approximate surface area is 253 Å². The maximum Gasteiger partial charge on any atom is 0.331 e. The molecule has 5 aromatic rings. The Balaban J connectivity index is 1.59. The van der Waals surface area contributed by atoms with Crippen LogP contribution in [0.1, 0.15) is 54.7 Å². The van der Waals surface area contributed by atoms with E-state index in [2.05, 4.69) is 20.5 Å². The number of aromatic amines is 1. The topological polar surface area (TPSA) is 126 Å². The molecule has 220 valence electrons. The highest BCUT2D eigenvalue weighted by atomic mass is 16.7. The van der Waals surface area contributed by atoms with Crippen molar-refractivity contribution in [3.8, 4) is 0 Å². The van der Waals surface area contributed by atoms with E-state index in [1.807, 2.05) is 77.7 Å². The van der Waals surface area contributed by atoms with Crippen LogP contribution in [0.5, 0.6) is 0 Å². The van der Waals surface area contributed by atoms with Crippen LogP contribution in [0.2, 0.25) is 0 Å². The Bertz CT molecular complexity index is 1890. The van der Waals surface area contributed by atoms with E-state index in [9.17, 15) is 14.4 Å². The van der Waals surface area contributed by atoms with Gasteiger partial charge in [0.25, 0.3) is 0 Å². The Morgan fingerprint density at radius 2 is 1.18 bits per heavy atom. The Morgan fingerprint density at radius 3 is 1.77 bits per heavy atom. The number of nitrogens with one attached hydrogen (secondary N) is 1. The number of hydrogen-bond donors (Lipinski definition) is 1. The van der Waals surface area contributed by atoms with Gasteiger partial charge in [-0.25, -0.2) is 9.59 Å². The lowest BCUT2D eigenvalue weighted by Gasteiger charge is -2.24. The van der Waals surface area contributed by atoms with Gasteiger partial charge in [0.1, 0.15) is 0 Å². The van der Waals surface area contributed by atoms with Crippen molar-refractivity contribution in [3.05, 3.63) is 119 Å². The van der Waals surface area contributed by atoms with Crippen LogP contribution >= 0.6 is 0 Å². The fourth-order valence-corrected chi connectivity index (χ4v) is 4.63. The molecule has 0 amide bonds. The molecule has 0 aliphatic rings. The van der Waals surface area contributed by atoms with Gasteiger partial charge in [-0.2, -0.15) is 5.10 Å². The minimum atomic E-state index is -0.515. The summed E-state index contributed by atoms with van der Waals surface area (Å²) in [7, 11) is 0. The number of nitrogens with zero attached hydrogens (tertiary/aromatic N) is 4. The van der Waals surface area contributed by atoms with Crippen molar-refractivity contribution in [3.63, 3.8) is 0 Å². The molecule has 1 aromatic heterocycles. The lowest BCUT2D eigenvalue weighted by molar-refractivity contribution is -0.141. The molecule has 0 unspecified atom stereocenters. The summed E-state index contributed by atoms with van der Waals surface area (Å²) in [6.07, 6.45) is 0. The molecule has 0 aliphatic heterocycles. The van der Waals surface area contributed by atoms with E-state index in [0.717, 1.165) is 27.9 Å². The van der Waals surface area contributed by atoms with E-state index in [1.54, 1.807) is 38.1 Å². The highest BCUT2D eigenvalue weighted by molar-refractivity contribution is 6.11. The van der Waals surface area contributed by atoms with Crippen LogP contribution in [0.4, 0.5) is 17.2 Å². The summed E-state index contributed by atoms with van der Waals surface area (Å²) in [5, 5.41) is 16.4. The van der Waals surface area contributed by atoms with E-state index in [1.165, 1.54) is 13.8 Å². The smallest absolute Gasteiger partial charge is 0.318 e. The number of carbonyl (C=O) groups excluding carboxylic acids is 3. The summed E-state index contributed by atoms with van der Waals surface area (Å²) < 4.78 is 0. The van der Waals surface area contributed by atoms with Crippen molar-refractivity contribution in [1.82, 2.24) is 10.2 Å². The number of benzene rings is 4. The van der Waals surface area contributed by atoms with Gasteiger partial charge in [0.15, 0.2) is 11.6 Å². The molecule has 4 aromatic carbocycles. The molecular weight excluding hydrogens is 558 g/mol. The van der Waals surface area contributed by atoms with Crippen molar-refractivity contribution in [1.29, 1.82) is 0 Å². The van der Waals surface area contributed by atoms with Gasteiger partial charge in [0.2, 0.25) is 0 Å². The molecule has 0 bridgehead atoms. The summed E-state index contributed by atoms with van der Waals surface area (Å²) in [6.45, 7) is 6.08. The van der Waals surface area contributed by atoms with Gasteiger partial charge in [-0.15, -0.1) is 0 Å². The summed E-state index contributed by atoms with van der Waals surface area (Å²) in [5.74, 6) is -0.492. The predicted molar refractivity (Wildman–Crippen MR) is 169 cm³/mol. The predicted octanol–water partition coefficient (Wildman–Crippen LogP) is 6.84. The number of anilines is 3. The molecule has 5 rings (SSSR count). The maximum atomic E-state index is 13.1. The van der Waals surface area contributed by atoms with Gasteiger partial charge in [-0.1, -0.05) is 64.9 Å². The van der Waals surface area contributed by atoms with Crippen molar-refractivity contribution >= 4 is 57.2 Å². The quantitative estimate of drug-likeness (QED) is 0.0866. The van der Waals surface area contributed by atoms with E-state index < -0.39 is 11.9 Å². The molecule has 0 saturated carbocycles. The summed E-state index contributed by atoms with van der Waals surface area (Å²) in [5.41, 5.74) is 5.94. The number of H-pyrrole nitrogens is 1. The van der Waals surface area contributed by atoms with Crippen molar-refractivity contribution in [2.45, 2.75) is 27.7 Å².